The minimum Gasteiger partial charge on any atom is -0.456 e. The van der Waals surface area contributed by atoms with Gasteiger partial charge in [0.15, 0.2) is 0 Å². The molecule has 0 spiro atoms. The van der Waals surface area contributed by atoms with Crippen LogP contribution in [0, 0.1) is 0 Å². The van der Waals surface area contributed by atoms with Crippen LogP contribution in [0.4, 0.5) is 17.1 Å². The number of fused-ring (bicyclic) bond motifs is 7. The molecule has 10 aromatic rings. The third-order valence-corrected chi connectivity index (χ3v) is 9.88. The Morgan fingerprint density at radius 2 is 0.745 bits per heavy atom. The van der Waals surface area contributed by atoms with Crippen molar-refractivity contribution in [2.75, 3.05) is 4.90 Å². The molecule has 0 saturated carbocycles. The van der Waals surface area contributed by atoms with Gasteiger partial charge in [-0.2, -0.15) is 0 Å². The molecule has 0 aliphatic carbocycles. The van der Waals surface area contributed by atoms with Crippen molar-refractivity contribution >= 4 is 60.9 Å². The quantitative estimate of drug-likeness (QED) is 0.179. The number of nitrogens with zero attached hydrogens (tertiary/aromatic N) is 1. The van der Waals surface area contributed by atoms with Gasteiger partial charge in [-0.05, 0) is 100 Å². The number of furan rings is 2. The molecule has 2 heterocycles. The summed E-state index contributed by atoms with van der Waals surface area (Å²) in [6.45, 7) is 0. The molecule has 0 fully saturated rings. The summed E-state index contributed by atoms with van der Waals surface area (Å²) >= 11 is 0. The van der Waals surface area contributed by atoms with Crippen LogP contribution in [0.5, 0.6) is 0 Å². The molecule has 0 atom stereocenters. The van der Waals surface area contributed by atoms with Gasteiger partial charge in [0, 0.05) is 38.6 Å². The van der Waals surface area contributed by atoms with Gasteiger partial charge < -0.3 is 13.7 Å². The summed E-state index contributed by atoms with van der Waals surface area (Å²) < 4.78 is 12.6. The monoisotopic (exact) mass is 653 g/mol. The Bertz CT molecular complexity index is 2830. The van der Waals surface area contributed by atoms with E-state index >= 15 is 0 Å². The fraction of sp³-hybridized carbons (Fsp3) is 0. The Balaban J connectivity index is 1.05. The third-order valence-electron chi connectivity index (χ3n) is 9.88. The fourth-order valence-corrected chi connectivity index (χ4v) is 7.40. The van der Waals surface area contributed by atoms with E-state index in [1.165, 1.54) is 22.3 Å². The molecule has 0 aliphatic heterocycles. The second kappa shape index (κ2) is 11.9. The molecule has 0 aliphatic rings. The topological polar surface area (TPSA) is 29.5 Å². The summed E-state index contributed by atoms with van der Waals surface area (Å²) in [5.41, 5.74) is 13.7. The predicted octanol–water partition coefficient (Wildman–Crippen LogP) is 14.0. The van der Waals surface area contributed by atoms with Crippen molar-refractivity contribution in [2.24, 2.45) is 0 Å². The highest BCUT2D eigenvalue weighted by Crippen LogP contribution is 2.42. The van der Waals surface area contributed by atoms with E-state index < -0.39 is 0 Å². The van der Waals surface area contributed by atoms with E-state index in [-0.39, 0.29) is 0 Å². The van der Waals surface area contributed by atoms with Crippen molar-refractivity contribution in [1.82, 2.24) is 0 Å². The molecular weight excluding hydrogens is 623 g/mol. The largest absolute Gasteiger partial charge is 0.456 e. The van der Waals surface area contributed by atoms with Crippen molar-refractivity contribution in [3.8, 4) is 33.4 Å². The summed E-state index contributed by atoms with van der Waals surface area (Å²) in [5, 5.41) is 4.40. The first-order valence-electron chi connectivity index (χ1n) is 17.2. The molecular formula is C48H31NO2. The Kier molecular flexibility index (Phi) is 6.81. The van der Waals surface area contributed by atoms with Crippen LogP contribution in [0.25, 0.3) is 77.3 Å². The summed E-state index contributed by atoms with van der Waals surface area (Å²) in [5.74, 6) is 0. The van der Waals surface area contributed by atoms with E-state index in [0.29, 0.717) is 0 Å². The maximum atomic E-state index is 6.46. The summed E-state index contributed by atoms with van der Waals surface area (Å²) in [7, 11) is 0. The SMILES string of the molecule is c1ccc(-c2ccc(N(c3ccc(-c4ccc5c(c4)oc4ccc6oc7ccccc7c6c45)cc3)c3cccc(-c4ccccc4)c3)cc2)cc1. The number of hydrogen-bond donors (Lipinski definition) is 0. The smallest absolute Gasteiger partial charge is 0.136 e. The van der Waals surface area contributed by atoms with Crippen LogP contribution < -0.4 is 4.90 Å². The van der Waals surface area contributed by atoms with Crippen LogP contribution in [0.1, 0.15) is 0 Å². The minimum atomic E-state index is 0.863. The number of benzene rings is 8. The molecule has 0 unspecified atom stereocenters. The average molecular weight is 654 g/mol. The van der Waals surface area contributed by atoms with Crippen molar-refractivity contribution in [2.45, 2.75) is 0 Å². The normalized spacial score (nSPS) is 11.5. The molecule has 51 heavy (non-hydrogen) atoms. The Morgan fingerprint density at radius 3 is 1.41 bits per heavy atom. The van der Waals surface area contributed by atoms with Gasteiger partial charge in [-0.25, -0.2) is 0 Å². The first kappa shape index (κ1) is 29.1. The van der Waals surface area contributed by atoms with Crippen LogP contribution in [0.15, 0.2) is 197 Å². The molecule has 240 valence electrons. The van der Waals surface area contributed by atoms with Gasteiger partial charge in [0.05, 0.1) is 0 Å². The molecule has 0 amide bonds. The van der Waals surface area contributed by atoms with Gasteiger partial charge in [0.25, 0.3) is 0 Å². The molecule has 0 saturated heterocycles. The van der Waals surface area contributed by atoms with Crippen molar-refractivity contribution in [3.63, 3.8) is 0 Å². The third kappa shape index (κ3) is 5.06. The van der Waals surface area contributed by atoms with E-state index in [9.17, 15) is 0 Å². The molecule has 8 aromatic carbocycles. The number of anilines is 3. The van der Waals surface area contributed by atoms with E-state index in [4.69, 9.17) is 8.83 Å². The summed E-state index contributed by atoms with van der Waals surface area (Å²) in [6.07, 6.45) is 0. The number of rotatable bonds is 6. The molecule has 0 bridgehead atoms. The van der Waals surface area contributed by atoms with Crippen LogP contribution in [0.3, 0.4) is 0 Å². The zero-order valence-electron chi connectivity index (χ0n) is 27.7. The molecule has 3 heteroatoms. The van der Waals surface area contributed by atoms with Crippen LogP contribution in [-0.4, -0.2) is 0 Å². The highest BCUT2D eigenvalue weighted by atomic mass is 16.3. The van der Waals surface area contributed by atoms with Crippen LogP contribution in [0.2, 0.25) is 0 Å². The molecule has 3 nitrogen and oxygen atoms in total. The minimum absolute atomic E-state index is 0.863. The maximum Gasteiger partial charge on any atom is 0.136 e. The van der Waals surface area contributed by atoms with E-state index in [1.54, 1.807) is 0 Å². The van der Waals surface area contributed by atoms with Crippen molar-refractivity contribution in [1.29, 1.82) is 0 Å². The van der Waals surface area contributed by atoms with Gasteiger partial charge in [-0.15, -0.1) is 0 Å². The Hall–Kier alpha value is -6.84. The second-order valence-corrected chi connectivity index (χ2v) is 12.9. The highest BCUT2D eigenvalue weighted by molar-refractivity contribution is 6.25. The molecule has 2 aromatic heterocycles. The van der Waals surface area contributed by atoms with E-state index in [2.05, 4.69) is 169 Å². The van der Waals surface area contributed by atoms with Gasteiger partial charge >= 0.3 is 0 Å². The van der Waals surface area contributed by atoms with Crippen LogP contribution in [-0.2, 0) is 0 Å². The lowest BCUT2D eigenvalue weighted by Gasteiger charge is -2.26. The maximum absolute atomic E-state index is 6.46. The molecule has 10 rings (SSSR count). The summed E-state index contributed by atoms with van der Waals surface area (Å²) in [6, 6.07) is 66.2. The van der Waals surface area contributed by atoms with Gasteiger partial charge in [-0.1, -0.05) is 121 Å². The fourth-order valence-electron chi connectivity index (χ4n) is 7.40. The van der Waals surface area contributed by atoms with Gasteiger partial charge in [0.1, 0.15) is 22.3 Å². The standard InChI is InChI=1S/C48H31NO2/c1-3-10-32(11-4-1)34-18-23-38(24-19-34)49(40-15-9-14-36(30-40)33-12-5-2-6-13-33)39-25-20-35(21-26-39)37-22-27-42-46(31-37)51-45-29-28-44-47(48(42)45)41-16-7-8-17-43(41)50-44/h1-31H. The van der Waals surface area contributed by atoms with E-state index in [0.717, 1.165) is 72.1 Å². The van der Waals surface area contributed by atoms with E-state index in [1.807, 2.05) is 24.3 Å². The first-order chi connectivity index (χ1) is 25.3. The lowest BCUT2D eigenvalue weighted by molar-refractivity contribution is 0.663. The lowest BCUT2D eigenvalue weighted by Crippen LogP contribution is -2.10. The predicted molar refractivity (Wildman–Crippen MR) is 212 cm³/mol. The Labute approximate surface area is 295 Å². The van der Waals surface area contributed by atoms with Crippen LogP contribution >= 0.6 is 0 Å². The number of hydrogen-bond acceptors (Lipinski definition) is 3. The molecule has 0 radical (unpaired) electrons. The zero-order valence-corrected chi connectivity index (χ0v) is 27.7. The first-order valence-corrected chi connectivity index (χ1v) is 17.2. The Morgan fingerprint density at radius 1 is 0.275 bits per heavy atom. The zero-order chi connectivity index (χ0) is 33.7. The van der Waals surface area contributed by atoms with Gasteiger partial charge in [-0.3, -0.25) is 0 Å². The van der Waals surface area contributed by atoms with Gasteiger partial charge in [0.2, 0.25) is 0 Å². The van der Waals surface area contributed by atoms with Crippen molar-refractivity contribution < 1.29 is 8.83 Å². The summed E-state index contributed by atoms with van der Waals surface area (Å²) in [4.78, 5) is 2.33. The average Bonchev–Trinajstić information content (AvgIpc) is 3.77. The number of para-hydroxylation sites is 1. The lowest BCUT2D eigenvalue weighted by atomic mass is 10.0. The second-order valence-electron chi connectivity index (χ2n) is 12.9. The molecule has 0 N–H and O–H groups in total. The highest BCUT2D eigenvalue weighted by Gasteiger charge is 2.18. The van der Waals surface area contributed by atoms with Crippen molar-refractivity contribution in [3.05, 3.63) is 188 Å².